The normalized spacial score (nSPS) is 12.6. The molecule has 0 radical (unpaired) electrons. The third kappa shape index (κ3) is 32.0. The van der Waals surface area contributed by atoms with Crippen molar-refractivity contribution >= 4 is 83.4 Å². The average Bonchev–Trinajstić information content (AvgIpc) is 3.03. The van der Waals surface area contributed by atoms with Gasteiger partial charge >= 0.3 is 0 Å². The van der Waals surface area contributed by atoms with Crippen LogP contribution < -0.4 is 0 Å². The molecule has 58 heavy (non-hydrogen) atoms. The maximum Gasteiger partial charge on any atom is 0.170 e. The van der Waals surface area contributed by atoms with Crippen molar-refractivity contribution in [2.24, 2.45) is 0 Å². The third-order valence-electron chi connectivity index (χ3n) is 11.1. The predicted octanol–water partition coefficient (Wildman–Crippen LogP) is 15.5. The van der Waals surface area contributed by atoms with Crippen LogP contribution in [0.1, 0.15) is 43.7 Å². The number of allylic oxidation sites excluding steroid dienone is 1. The monoisotopic (exact) mass is 969 g/mol. The lowest BCUT2D eigenvalue weighted by molar-refractivity contribution is 0.568. The molecular formula is C46H104O2Si10. The lowest BCUT2D eigenvalue weighted by atomic mass is 10.0. The van der Waals surface area contributed by atoms with Crippen LogP contribution in [0.3, 0.4) is 0 Å². The fraction of sp³-hybridized carbons (Fsp3) is 0.696. The van der Waals surface area contributed by atoms with E-state index in [1.165, 1.54) is 24.2 Å². The van der Waals surface area contributed by atoms with Crippen LogP contribution in [0, 0.1) is 0 Å². The molecule has 0 saturated carbocycles. The summed E-state index contributed by atoms with van der Waals surface area (Å²) in [6.07, 6.45) is 1.75. The smallest absolute Gasteiger partial charge is 0.170 e. The molecule has 340 valence electrons. The Hall–Kier alpha value is 0.269. The summed E-state index contributed by atoms with van der Waals surface area (Å²) in [6, 6.07) is 28.2. The minimum atomic E-state index is -1.43. The molecule has 0 N–H and O–H groups in total. The molecule has 0 aromatic heterocycles. The lowest BCUT2D eigenvalue weighted by Crippen LogP contribution is -2.62. The quantitative estimate of drug-likeness (QED) is 0.116. The van der Waals surface area contributed by atoms with E-state index in [9.17, 15) is 0 Å². The Morgan fingerprint density at radius 1 is 0.500 bits per heavy atom. The van der Waals surface area contributed by atoms with Gasteiger partial charge in [0.05, 0.1) is 15.9 Å². The van der Waals surface area contributed by atoms with Gasteiger partial charge in [-0.1, -0.05) is 189 Å². The van der Waals surface area contributed by atoms with Crippen LogP contribution in [0.25, 0.3) is 0 Å². The van der Waals surface area contributed by atoms with Gasteiger partial charge < -0.3 is 8.23 Å². The van der Waals surface area contributed by atoms with Crippen molar-refractivity contribution in [1.29, 1.82) is 0 Å². The fourth-order valence-electron chi connectivity index (χ4n) is 6.96. The van der Waals surface area contributed by atoms with Crippen molar-refractivity contribution in [1.82, 2.24) is 0 Å². The standard InChI is InChI=1S/2C13H24Si2.C10H28OSi3.C7H22OSi3.C3H6/c2*1-14(2)10-13(11-15(3)4)12-8-6-5-7-9-12;1-10(2)13(6,7)14(8,9)11-12(3,4)5;1-9(2)11(6,7)8-10(3,4)5;1-3-2/h2*5-9,13-15H,10-11H2,1-4H3;10H,1-9H3;9H,1-7H3;3H,1H2,2H3. The van der Waals surface area contributed by atoms with Crippen LogP contribution in [-0.4, -0.2) is 83.4 Å². The first-order valence-electron chi connectivity index (χ1n) is 23.2. The molecule has 2 aromatic rings. The molecule has 12 heteroatoms. The maximum absolute atomic E-state index is 6.49. The highest BCUT2D eigenvalue weighted by atomic mass is 29.3. The second-order valence-electron chi connectivity index (χ2n) is 22.7. The number of hydrogen-bond acceptors (Lipinski definition) is 2. The summed E-state index contributed by atoms with van der Waals surface area (Å²) in [6.45, 7) is 63.0. The van der Waals surface area contributed by atoms with Crippen molar-refractivity contribution in [3.63, 3.8) is 0 Å². The highest BCUT2D eigenvalue weighted by Crippen LogP contribution is 2.33. The molecular weight excluding hydrogens is 865 g/mol. The molecule has 0 saturated heterocycles. The average molecular weight is 970 g/mol. The molecule has 0 unspecified atom stereocenters. The van der Waals surface area contributed by atoms with Crippen LogP contribution in [0.5, 0.6) is 0 Å². The maximum atomic E-state index is 6.49. The van der Waals surface area contributed by atoms with Gasteiger partial charge in [-0.25, -0.2) is 0 Å². The molecule has 0 aliphatic heterocycles. The summed E-state index contributed by atoms with van der Waals surface area (Å²) in [5.74, 6) is 1.73. The van der Waals surface area contributed by atoms with Crippen molar-refractivity contribution in [3.05, 3.63) is 84.4 Å². The van der Waals surface area contributed by atoms with Gasteiger partial charge in [0.15, 0.2) is 32.3 Å². The van der Waals surface area contributed by atoms with Gasteiger partial charge in [-0.3, -0.25) is 0 Å². The van der Waals surface area contributed by atoms with Crippen molar-refractivity contribution < 1.29 is 8.23 Å². The molecule has 0 atom stereocenters. The molecule has 2 aromatic carbocycles. The Morgan fingerprint density at radius 3 is 0.931 bits per heavy atom. The molecule has 0 bridgehead atoms. The first kappa shape index (κ1) is 62.6. The predicted molar refractivity (Wildman–Crippen MR) is 304 cm³/mol. The van der Waals surface area contributed by atoms with E-state index >= 15 is 0 Å². The topological polar surface area (TPSA) is 18.5 Å². The third-order valence-corrected chi connectivity index (χ3v) is 56.3. The zero-order valence-corrected chi connectivity index (χ0v) is 54.6. The van der Waals surface area contributed by atoms with E-state index in [2.05, 4.69) is 225 Å². The van der Waals surface area contributed by atoms with Crippen LogP contribution in [0.15, 0.2) is 73.3 Å². The molecule has 0 spiro atoms. The molecule has 0 heterocycles. The van der Waals surface area contributed by atoms with Gasteiger partial charge in [-0.2, -0.15) is 0 Å². The molecule has 0 fully saturated rings. The Morgan fingerprint density at radius 2 is 0.759 bits per heavy atom. The van der Waals surface area contributed by atoms with Gasteiger partial charge in [0.25, 0.3) is 0 Å². The van der Waals surface area contributed by atoms with Crippen LogP contribution >= 0.6 is 0 Å². The molecule has 0 aliphatic rings. The van der Waals surface area contributed by atoms with Gasteiger partial charge in [-0.05, 0) is 95.4 Å². The summed E-state index contributed by atoms with van der Waals surface area (Å²) in [5, 5.41) is 0. The molecule has 0 amide bonds. The number of rotatable bonds is 17. The second-order valence-corrected chi connectivity index (χ2v) is 74.1. The first-order chi connectivity index (χ1) is 26.1. The van der Waals surface area contributed by atoms with E-state index in [1.54, 1.807) is 17.2 Å². The number of hydrogen-bond donors (Lipinski definition) is 0. The van der Waals surface area contributed by atoms with E-state index < -0.39 is 83.4 Å². The summed E-state index contributed by atoms with van der Waals surface area (Å²) in [4.78, 5) is 0. The summed E-state index contributed by atoms with van der Waals surface area (Å²) in [5.41, 5.74) is 4.00. The second kappa shape index (κ2) is 30.4. The molecule has 2 nitrogen and oxygen atoms in total. The van der Waals surface area contributed by atoms with Gasteiger partial charge in [0.1, 0.15) is 0 Å². The Balaban J connectivity index is -0.000000683. The lowest BCUT2D eigenvalue weighted by Gasteiger charge is -2.44. The minimum absolute atomic E-state index is 0.435. The van der Waals surface area contributed by atoms with Crippen molar-refractivity contribution in [2.45, 2.75) is 206 Å². The van der Waals surface area contributed by atoms with E-state index in [-0.39, 0.29) is 0 Å². The fourth-order valence-corrected chi connectivity index (χ4v) is 44.6. The molecule has 0 aliphatic carbocycles. The SMILES string of the molecule is C=CC.CC(C)[Si](C)(C)[Si](C)(C)O[Si](C)(C)C.C[SiH](C)CC(C[SiH](C)C)c1ccccc1.C[SiH](C)CC(C[SiH](C)C)c1ccccc1.C[SiH](C)[Si](C)(C)O[Si](C)(C)C. The van der Waals surface area contributed by atoms with Crippen molar-refractivity contribution in [3.8, 4) is 0 Å². The largest absolute Gasteiger partial charge is 0.458 e. The highest BCUT2D eigenvalue weighted by Gasteiger charge is 2.46. The first-order valence-corrected chi connectivity index (χ1v) is 56.6. The summed E-state index contributed by atoms with van der Waals surface area (Å²) in [7, 11) is -8.69. The summed E-state index contributed by atoms with van der Waals surface area (Å²) < 4.78 is 12.7. The van der Waals surface area contributed by atoms with E-state index in [0.717, 1.165) is 17.4 Å². The Kier molecular flexibility index (Phi) is 32.8. The van der Waals surface area contributed by atoms with Crippen LogP contribution in [0.2, 0.25) is 174 Å². The van der Waals surface area contributed by atoms with E-state index in [0.29, 0.717) is 0 Å². The van der Waals surface area contributed by atoms with Gasteiger partial charge in [-0.15, -0.1) is 6.58 Å². The highest BCUT2D eigenvalue weighted by molar-refractivity contribution is 7.39. The van der Waals surface area contributed by atoms with Gasteiger partial charge in [0, 0.05) is 35.2 Å². The summed E-state index contributed by atoms with van der Waals surface area (Å²) >= 11 is 0. The van der Waals surface area contributed by atoms with Gasteiger partial charge in [0.2, 0.25) is 0 Å². The zero-order chi connectivity index (χ0) is 46.3. The Bertz CT molecular complexity index is 1210. The van der Waals surface area contributed by atoms with Crippen molar-refractivity contribution in [2.75, 3.05) is 0 Å². The molecule has 2 rings (SSSR count). The van der Waals surface area contributed by atoms with Crippen LogP contribution in [-0.2, 0) is 8.23 Å². The van der Waals surface area contributed by atoms with E-state index in [1.807, 2.05) is 6.92 Å². The minimum Gasteiger partial charge on any atom is -0.458 e. The van der Waals surface area contributed by atoms with E-state index in [4.69, 9.17) is 8.23 Å². The zero-order valence-electron chi connectivity index (χ0n) is 43.8. The number of benzene rings is 2. The Labute approximate surface area is 379 Å². The van der Waals surface area contributed by atoms with Crippen LogP contribution in [0.4, 0.5) is 0 Å².